The van der Waals surface area contributed by atoms with Gasteiger partial charge in [0.15, 0.2) is 0 Å². The fourth-order valence-electron chi connectivity index (χ4n) is 1.34. The molecule has 0 aliphatic rings. The Labute approximate surface area is 77.3 Å². The molecule has 2 nitrogen and oxygen atoms in total. The summed E-state index contributed by atoms with van der Waals surface area (Å²) in [4.78, 5) is 6.05. The van der Waals surface area contributed by atoms with Crippen molar-refractivity contribution in [3.8, 4) is 0 Å². The summed E-state index contributed by atoms with van der Waals surface area (Å²) in [6, 6.07) is 2.12. The fourth-order valence-corrected chi connectivity index (χ4v) is 2.38. The van der Waals surface area contributed by atoms with Crippen molar-refractivity contribution in [2.75, 3.05) is 6.61 Å². The topological polar surface area (TPSA) is 35.2 Å². The first-order chi connectivity index (χ1) is 5.58. The van der Waals surface area contributed by atoms with Crippen molar-refractivity contribution in [1.82, 2.24) is 0 Å². The summed E-state index contributed by atoms with van der Waals surface area (Å²) in [6.45, 7) is 6.95. The third kappa shape index (κ3) is 1.86. The van der Waals surface area contributed by atoms with Crippen molar-refractivity contribution in [1.29, 1.82) is 0 Å². The molecule has 0 bridgehead atoms. The van der Waals surface area contributed by atoms with Crippen LogP contribution in [-0.4, -0.2) is 6.61 Å². The molecule has 0 aliphatic heterocycles. The highest BCUT2D eigenvalue weighted by atomic mass is 32.1. The van der Waals surface area contributed by atoms with E-state index in [4.69, 9.17) is 10.7 Å². The standard InChI is InChI=1S/C9H15NOS/c1-7-4-5-12-8(7)9(2,3)6-11-10/h4-5H,6,10H2,1-3H3. The summed E-state index contributed by atoms with van der Waals surface area (Å²) in [5, 5.41) is 2.10. The SMILES string of the molecule is Cc1ccsc1C(C)(C)CON. The Morgan fingerprint density at radius 1 is 1.58 bits per heavy atom. The number of nitrogens with two attached hydrogens (primary N) is 1. The van der Waals surface area contributed by atoms with E-state index in [-0.39, 0.29) is 5.41 Å². The van der Waals surface area contributed by atoms with E-state index in [0.717, 1.165) is 0 Å². The van der Waals surface area contributed by atoms with Gasteiger partial charge in [0.1, 0.15) is 0 Å². The molecule has 1 aromatic rings. The van der Waals surface area contributed by atoms with Gasteiger partial charge in [0, 0.05) is 10.3 Å². The van der Waals surface area contributed by atoms with Crippen LogP contribution in [0.5, 0.6) is 0 Å². The minimum absolute atomic E-state index is 0.0347. The summed E-state index contributed by atoms with van der Waals surface area (Å²) in [7, 11) is 0. The van der Waals surface area contributed by atoms with Crippen molar-refractivity contribution >= 4 is 11.3 Å². The molecule has 68 valence electrons. The fraction of sp³-hybridized carbons (Fsp3) is 0.556. The van der Waals surface area contributed by atoms with Gasteiger partial charge in [0.05, 0.1) is 6.61 Å². The van der Waals surface area contributed by atoms with Crippen LogP contribution in [0.4, 0.5) is 0 Å². The Balaban J connectivity index is 2.88. The van der Waals surface area contributed by atoms with Gasteiger partial charge in [-0.2, -0.15) is 0 Å². The Bertz CT molecular complexity index is 255. The van der Waals surface area contributed by atoms with Crippen molar-refractivity contribution < 1.29 is 4.84 Å². The van der Waals surface area contributed by atoms with E-state index >= 15 is 0 Å². The second-order valence-electron chi connectivity index (χ2n) is 3.63. The highest BCUT2D eigenvalue weighted by Gasteiger charge is 2.23. The van der Waals surface area contributed by atoms with E-state index in [1.807, 2.05) is 0 Å². The number of hydrogen-bond acceptors (Lipinski definition) is 3. The normalized spacial score (nSPS) is 12.0. The third-order valence-corrected chi connectivity index (χ3v) is 3.30. The predicted molar refractivity (Wildman–Crippen MR) is 52.2 cm³/mol. The van der Waals surface area contributed by atoms with Crippen LogP contribution in [0.1, 0.15) is 24.3 Å². The van der Waals surface area contributed by atoms with Crippen LogP contribution in [0.25, 0.3) is 0 Å². The maximum atomic E-state index is 5.08. The molecular formula is C9H15NOS. The predicted octanol–water partition coefficient (Wildman–Crippen LogP) is 2.22. The van der Waals surface area contributed by atoms with Gasteiger partial charge in [0.2, 0.25) is 0 Å². The molecular weight excluding hydrogens is 170 g/mol. The van der Waals surface area contributed by atoms with E-state index in [0.29, 0.717) is 6.61 Å². The molecule has 12 heavy (non-hydrogen) atoms. The van der Waals surface area contributed by atoms with Gasteiger partial charge in [-0.25, -0.2) is 5.90 Å². The van der Waals surface area contributed by atoms with Gasteiger partial charge in [-0.05, 0) is 23.9 Å². The van der Waals surface area contributed by atoms with Crippen LogP contribution in [0.2, 0.25) is 0 Å². The van der Waals surface area contributed by atoms with E-state index in [9.17, 15) is 0 Å². The summed E-state index contributed by atoms with van der Waals surface area (Å²) in [5.41, 5.74) is 1.36. The maximum Gasteiger partial charge on any atom is 0.0778 e. The zero-order chi connectivity index (χ0) is 9.19. The van der Waals surface area contributed by atoms with Gasteiger partial charge in [-0.3, -0.25) is 0 Å². The summed E-state index contributed by atoms with van der Waals surface area (Å²) >= 11 is 1.76. The minimum Gasteiger partial charge on any atom is -0.304 e. The lowest BCUT2D eigenvalue weighted by molar-refractivity contribution is 0.0974. The summed E-state index contributed by atoms with van der Waals surface area (Å²) < 4.78 is 0. The minimum atomic E-state index is 0.0347. The summed E-state index contributed by atoms with van der Waals surface area (Å²) in [6.07, 6.45) is 0. The second-order valence-corrected chi connectivity index (χ2v) is 4.54. The lowest BCUT2D eigenvalue weighted by Crippen LogP contribution is -2.25. The zero-order valence-corrected chi connectivity index (χ0v) is 8.57. The number of aryl methyl sites for hydroxylation is 1. The van der Waals surface area contributed by atoms with Crippen molar-refractivity contribution in [3.63, 3.8) is 0 Å². The molecule has 0 unspecified atom stereocenters. The van der Waals surface area contributed by atoms with E-state index in [1.165, 1.54) is 10.4 Å². The zero-order valence-electron chi connectivity index (χ0n) is 7.76. The first kappa shape index (κ1) is 9.71. The molecule has 0 aromatic carbocycles. The smallest absolute Gasteiger partial charge is 0.0778 e. The van der Waals surface area contributed by atoms with E-state index < -0.39 is 0 Å². The molecule has 2 N–H and O–H groups in total. The van der Waals surface area contributed by atoms with Gasteiger partial charge < -0.3 is 4.84 Å². The Hall–Kier alpha value is -0.380. The van der Waals surface area contributed by atoms with Crippen molar-refractivity contribution in [2.24, 2.45) is 5.90 Å². The van der Waals surface area contributed by atoms with Crippen LogP contribution in [-0.2, 0) is 10.3 Å². The molecule has 0 amide bonds. The quantitative estimate of drug-likeness (QED) is 0.733. The molecule has 0 aliphatic carbocycles. The third-order valence-electron chi connectivity index (χ3n) is 1.92. The average molecular weight is 185 g/mol. The largest absolute Gasteiger partial charge is 0.304 e. The molecule has 0 saturated heterocycles. The molecule has 0 spiro atoms. The lowest BCUT2D eigenvalue weighted by atomic mass is 9.90. The monoisotopic (exact) mass is 185 g/mol. The molecule has 1 aromatic heterocycles. The number of hydrogen-bond donors (Lipinski definition) is 1. The van der Waals surface area contributed by atoms with Crippen molar-refractivity contribution in [2.45, 2.75) is 26.2 Å². The first-order valence-corrected chi connectivity index (χ1v) is 4.82. The second kappa shape index (κ2) is 3.56. The molecule has 0 saturated carbocycles. The van der Waals surface area contributed by atoms with Crippen LogP contribution < -0.4 is 5.90 Å². The molecule has 0 atom stereocenters. The number of thiophene rings is 1. The molecule has 1 rings (SSSR count). The van der Waals surface area contributed by atoms with Gasteiger partial charge in [-0.15, -0.1) is 11.3 Å². The Kier molecular flexibility index (Phi) is 2.88. The van der Waals surface area contributed by atoms with Crippen molar-refractivity contribution in [3.05, 3.63) is 21.9 Å². The maximum absolute atomic E-state index is 5.08. The lowest BCUT2D eigenvalue weighted by Gasteiger charge is -2.22. The highest BCUT2D eigenvalue weighted by molar-refractivity contribution is 7.10. The molecule has 1 heterocycles. The van der Waals surface area contributed by atoms with E-state index in [1.54, 1.807) is 11.3 Å². The van der Waals surface area contributed by atoms with Gasteiger partial charge in [0.25, 0.3) is 0 Å². The average Bonchev–Trinajstić information content (AvgIpc) is 2.35. The Morgan fingerprint density at radius 3 is 2.67 bits per heavy atom. The van der Waals surface area contributed by atoms with Crippen LogP contribution in [0.3, 0.4) is 0 Å². The molecule has 3 heteroatoms. The first-order valence-electron chi connectivity index (χ1n) is 3.94. The molecule has 0 fully saturated rings. The number of rotatable bonds is 3. The van der Waals surface area contributed by atoms with Crippen LogP contribution >= 0.6 is 11.3 Å². The van der Waals surface area contributed by atoms with Crippen LogP contribution in [0.15, 0.2) is 11.4 Å². The summed E-state index contributed by atoms with van der Waals surface area (Å²) in [5.74, 6) is 5.08. The highest BCUT2D eigenvalue weighted by Crippen LogP contribution is 2.30. The molecule has 0 radical (unpaired) electrons. The Morgan fingerprint density at radius 2 is 2.25 bits per heavy atom. The van der Waals surface area contributed by atoms with Crippen LogP contribution in [0, 0.1) is 6.92 Å². The van der Waals surface area contributed by atoms with Gasteiger partial charge in [-0.1, -0.05) is 13.8 Å². The van der Waals surface area contributed by atoms with E-state index in [2.05, 4.69) is 32.2 Å². The van der Waals surface area contributed by atoms with Gasteiger partial charge >= 0.3 is 0 Å².